The van der Waals surface area contributed by atoms with Gasteiger partial charge in [-0.3, -0.25) is 14.4 Å². The van der Waals surface area contributed by atoms with Crippen LogP contribution in [0.2, 0.25) is 0 Å². The van der Waals surface area contributed by atoms with Crippen LogP contribution in [0.1, 0.15) is 56.5 Å². The van der Waals surface area contributed by atoms with Gasteiger partial charge in [0.05, 0.1) is 11.5 Å². The number of carboxylic acid groups (broad SMARTS) is 1. The number of carboxylic acids is 1. The Bertz CT molecular complexity index is 706. The highest BCUT2D eigenvalue weighted by Gasteiger charge is 2.26. The summed E-state index contributed by atoms with van der Waals surface area (Å²) in [6.07, 6.45) is 0.312. The Labute approximate surface area is 157 Å². The van der Waals surface area contributed by atoms with Gasteiger partial charge < -0.3 is 14.7 Å². The van der Waals surface area contributed by atoms with Crippen molar-refractivity contribution in [2.24, 2.45) is 5.92 Å². The number of esters is 1. The zero-order valence-electron chi connectivity index (χ0n) is 15.9. The number of ether oxygens (including phenoxy) is 1. The van der Waals surface area contributed by atoms with Crippen molar-refractivity contribution in [3.63, 3.8) is 0 Å². The molecule has 0 aliphatic carbocycles. The average molecular weight is 379 g/mol. The number of benzene rings is 1. The van der Waals surface area contributed by atoms with Gasteiger partial charge in [0.1, 0.15) is 5.60 Å². The summed E-state index contributed by atoms with van der Waals surface area (Å²) in [6, 6.07) is 6.25. The number of hydrogen-bond donors (Lipinski definition) is 2. The molecule has 0 saturated carbocycles. The van der Waals surface area contributed by atoms with Crippen LogP contribution in [0, 0.1) is 5.92 Å². The number of aromatic carboxylic acids is 1. The van der Waals surface area contributed by atoms with Crippen molar-refractivity contribution < 1.29 is 33.9 Å². The van der Waals surface area contributed by atoms with E-state index in [1.165, 1.54) is 12.1 Å². The van der Waals surface area contributed by atoms with E-state index in [1.54, 1.807) is 32.9 Å². The van der Waals surface area contributed by atoms with Crippen LogP contribution in [0.5, 0.6) is 0 Å². The van der Waals surface area contributed by atoms with Crippen LogP contribution in [0.25, 0.3) is 0 Å². The summed E-state index contributed by atoms with van der Waals surface area (Å²) in [5.74, 6) is -3.40. The zero-order valence-corrected chi connectivity index (χ0v) is 15.9. The highest BCUT2D eigenvalue weighted by molar-refractivity contribution is 5.87. The van der Waals surface area contributed by atoms with Gasteiger partial charge >= 0.3 is 17.9 Å². The number of rotatable bonds is 7. The SMILES string of the molecule is CC(=O)ONC(=O)CCC(Cc1cccc(C(=O)O)c1)C(=O)OC(C)(C)C. The molecular weight excluding hydrogens is 354 g/mol. The molecule has 8 nitrogen and oxygen atoms in total. The lowest BCUT2D eigenvalue weighted by atomic mass is 9.93. The molecule has 1 rings (SSSR count). The van der Waals surface area contributed by atoms with Crippen molar-refractivity contribution in [2.45, 2.75) is 52.6 Å². The summed E-state index contributed by atoms with van der Waals surface area (Å²) in [4.78, 5) is 50.5. The molecule has 0 bridgehead atoms. The van der Waals surface area contributed by atoms with Crippen LogP contribution in [0.3, 0.4) is 0 Å². The number of hydrogen-bond acceptors (Lipinski definition) is 6. The third-order valence-corrected chi connectivity index (χ3v) is 3.42. The van der Waals surface area contributed by atoms with Crippen molar-refractivity contribution >= 4 is 23.8 Å². The Balaban J connectivity index is 2.86. The summed E-state index contributed by atoms with van der Waals surface area (Å²) in [5, 5.41) is 9.10. The first-order chi connectivity index (χ1) is 12.5. The Morgan fingerprint density at radius 3 is 2.41 bits per heavy atom. The quantitative estimate of drug-likeness (QED) is 0.551. The average Bonchev–Trinajstić information content (AvgIpc) is 2.55. The molecule has 0 aliphatic rings. The fourth-order valence-electron chi connectivity index (χ4n) is 2.29. The summed E-state index contributed by atoms with van der Waals surface area (Å²) in [6.45, 7) is 6.36. The summed E-state index contributed by atoms with van der Waals surface area (Å²) in [5.41, 5.74) is 2.06. The Morgan fingerprint density at radius 2 is 1.85 bits per heavy atom. The van der Waals surface area contributed by atoms with Gasteiger partial charge in [0.15, 0.2) is 0 Å². The highest BCUT2D eigenvalue weighted by Crippen LogP contribution is 2.20. The molecule has 0 heterocycles. The minimum Gasteiger partial charge on any atom is -0.478 e. The van der Waals surface area contributed by atoms with Crippen molar-refractivity contribution in [1.82, 2.24) is 5.48 Å². The third kappa shape index (κ3) is 8.84. The summed E-state index contributed by atoms with van der Waals surface area (Å²) >= 11 is 0. The molecule has 0 aliphatic heterocycles. The van der Waals surface area contributed by atoms with Crippen LogP contribution >= 0.6 is 0 Å². The monoisotopic (exact) mass is 379 g/mol. The molecule has 1 aromatic rings. The molecule has 148 valence electrons. The van der Waals surface area contributed by atoms with E-state index < -0.39 is 35.3 Å². The molecule has 0 fully saturated rings. The molecule has 0 spiro atoms. The minimum atomic E-state index is -1.06. The van der Waals surface area contributed by atoms with E-state index in [2.05, 4.69) is 4.84 Å². The van der Waals surface area contributed by atoms with E-state index >= 15 is 0 Å². The summed E-state index contributed by atoms with van der Waals surface area (Å²) < 4.78 is 5.41. The molecule has 1 amide bonds. The smallest absolute Gasteiger partial charge is 0.335 e. The van der Waals surface area contributed by atoms with Crippen LogP contribution in [-0.2, 0) is 30.4 Å². The van der Waals surface area contributed by atoms with Gasteiger partial charge in [-0.2, -0.15) is 5.48 Å². The lowest BCUT2D eigenvalue weighted by Gasteiger charge is -2.24. The fraction of sp³-hybridized carbons (Fsp3) is 0.474. The maximum absolute atomic E-state index is 12.5. The molecule has 1 unspecified atom stereocenters. The molecule has 0 radical (unpaired) electrons. The molecule has 0 aromatic heterocycles. The van der Waals surface area contributed by atoms with Crippen molar-refractivity contribution in [3.8, 4) is 0 Å². The number of amides is 1. The zero-order chi connectivity index (χ0) is 20.6. The van der Waals surface area contributed by atoms with E-state index in [0.29, 0.717) is 5.56 Å². The first-order valence-electron chi connectivity index (χ1n) is 8.49. The minimum absolute atomic E-state index is 0.0597. The van der Waals surface area contributed by atoms with Gasteiger partial charge in [0.2, 0.25) is 0 Å². The van der Waals surface area contributed by atoms with Gasteiger partial charge in [-0.15, -0.1) is 0 Å². The number of nitrogens with one attached hydrogen (secondary N) is 1. The predicted molar refractivity (Wildman–Crippen MR) is 95.6 cm³/mol. The summed E-state index contributed by atoms with van der Waals surface area (Å²) in [7, 11) is 0. The van der Waals surface area contributed by atoms with E-state index in [9.17, 15) is 19.2 Å². The molecule has 1 aromatic carbocycles. The number of carbonyl (C=O) groups excluding carboxylic acids is 3. The Morgan fingerprint density at radius 1 is 1.19 bits per heavy atom. The molecular formula is C19H25NO7. The first-order valence-corrected chi connectivity index (χ1v) is 8.49. The largest absolute Gasteiger partial charge is 0.478 e. The highest BCUT2D eigenvalue weighted by atomic mass is 16.7. The van der Waals surface area contributed by atoms with Gasteiger partial charge in [-0.1, -0.05) is 12.1 Å². The number of carbonyl (C=O) groups is 4. The maximum Gasteiger partial charge on any atom is 0.335 e. The molecule has 2 N–H and O–H groups in total. The molecule has 27 heavy (non-hydrogen) atoms. The lowest BCUT2D eigenvalue weighted by Crippen LogP contribution is -2.31. The number of hydroxylamine groups is 1. The molecule has 1 atom stereocenters. The van der Waals surface area contributed by atoms with Crippen LogP contribution in [0.4, 0.5) is 0 Å². The van der Waals surface area contributed by atoms with Crippen molar-refractivity contribution in [1.29, 1.82) is 0 Å². The normalized spacial score (nSPS) is 12.0. The maximum atomic E-state index is 12.5. The Kier molecular flexibility index (Phi) is 7.96. The predicted octanol–water partition coefficient (Wildman–Crippen LogP) is 2.26. The van der Waals surface area contributed by atoms with E-state index in [-0.39, 0.29) is 24.8 Å². The van der Waals surface area contributed by atoms with Gasteiger partial charge in [-0.25, -0.2) is 4.79 Å². The van der Waals surface area contributed by atoms with Gasteiger partial charge in [0.25, 0.3) is 5.91 Å². The van der Waals surface area contributed by atoms with E-state index in [4.69, 9.17) is 9.84 Å². The molecule has 8 heteroatoms. The van der Waals surface area contributed by atoms with Crippen molar-refractivity contribution in [2.75, 3.05) is 0 Å². The third-order valence-electron chi connectivity index (χ3n) is 3.42. The fourth-order valence-corrected chi connectivity index (χ4v) is 2.29. The van der Waals surface area contributed by atoms with Gasteiger partial charge in [0, 0.05) is 13.3 Å². The standard InChI is InChI=1S/C19H25NO7/c1-12(21)27-20-16(22)9-8-15(18(25)26-19(2,3)4)11-13-6-5-7-14(10-13)17(23)24/h5-7,10,15H,8-9,11H2,1-4H3,(H,20,22)(H,23,24). The topological polar surface area (TPSA) is 119 Å². The van der Waals surface area contributed by atoms with Crippen LogP contribution in [0.15, 0.2) is 24.3 Å². The first kappa shape index (κ1) is 22.1. The second-order valence-electron chi connectivity index (χ2n) is 7.10. The van der Waals surface area contributed by atoms with Crippen LogP contribution < -0.4 is 5.48 Å². The Hall–Kier alpha value is -2.90. The second kappa shape index (κ2) is 9.70. The second-order valence-corrected chi connectivity index (χ2v) is 7.10. The van der Waals surface area contributed by atoms with E-state index in [0.717, 1.165) is 6.92 Å². The van der Waals surface area contributed by atoms with E-state index in [1.807, 2.05) is 5.48 Å². The lowest BCUT2D eigenvalue weighted by molar-refractivity contribution is -0.161. The van der Waals surface area contributed by atoms with Crippen LogP contribution in [-0.4, -0.2) is 34.5 Å². The van der Waals surface area contributed by atoms with Crippen molar-refractivity contribution in [3.05, 3.63) is 35.4 Å². The van der Waals surface area contributed by atoms with Gasteiger partial charge in [-0.05, 0) is 51.3 Å². The molecule has 0 saturated heterocycles.